The highest BCUT2D eigenvalue weighted by molar-refractivity contribution is 5.44. The van der Waals surface area contributed by atoms with Crippen LogP contribution in [0, 0.1) is 0 Å². The van der Waals surface area contributed by atoms with Crippen molar-refractivity contribution in [1.82, 2.24) is 10.3 Å². The van der Waals surface area contributed by atoms with Gasteiger partial charge in [-0.25, -0.2) is 0 Å². The molecule has 1 saturated heterocycles. The van der Waals surface area contributed by atoms with E-state index >= 15 is 0 Å². The highest BCUT2D eigenvalue weighted by Gasteiger charge is 2.37. The lowest BCUT2D eigenvalue weighted by molar-refractivity contribution is -0.0113. The van der Waals surface area contributed by atoms with Crippen LogP contribution in [0.25, 0.3) is 0 Å². The van der Waals surface area contributed by atoms with Crippen molar-refractivity contribution >= 4 is 5.69 Å². The maximum absolute atomic E-state index is 10.2. The van der Waals surface area contributed by atoms with Crippen LogP contribution >= 0.6 is 0 Å². The molecule has 0 radical (unpaired) electrons. The summed E-state index contributed by atoms with van der Waals surface area (Å²) in [6.07, 6.45) is 5.89. The largest absolute Gasteiger partial charge is 0.389 e. The van der Waals surface area contributed by atoms with E-state index in [1.54, 1.807) is 0 Å². The molecule has 0 aromatic carbocycles. The van der Waals surface area contributed by atoms with Crippen LogP contribution in [0.2, 0.25) is 0 Å². The number of nitrogens with zero attached hydrogens (tertiary/aromatic N) is 2. The maximum atomic E-state index is 10.2. The quantitative estimate of drug-likeness (QED) is 0.886. The van der Waals surface area contributed by atoms with Crippen LogP contribution in [-0.4, -0.2) is 40.4 Å². The van der Waals surface area contributed by atoms with E-state index < -0.39 is 5.60 Å². The van der Waals surface area contributed by atoms with Crippen molar-refractivity contribution in [3.63, 3.8) is 0 Å². The Morgan fingerprint density at radius 1 is 1.15 bits per heavy atom. The van der Waals surface area contributed by atoms with Gasteiger partial charge in [0.2, 0.25) is 0 Å². The fourth-order valence-corrected chi connectivity index (χ4v) is 2.52. The average molecular weight is 277 g/mol. The van der Waals surface area contributed by atoms with Crippen molar-refractivity contribution in [2.75, 3.05) is 18.0 Å². The van der Waals surface area contributed by atoms with Crippen molar-refractivity contribution < 1.29 is 5.11 Å². The molecular weight excluding hydrogens is 250 g/mol. The monoisotopic (exact) mass is 277 g/mol. The minimum Gasteiger partial charge on any atom is -0.389 e. The van der Waals surface area contributed by atoms with E-state index in [1.807, 2.05) is 26.2 Å². The van der Waals surface area contributed by atoms with Gasteiger partial charge in [-0.3, -0.25) is 4.98 Å². The Morgan fingerprint density at radius 3 is 2.20 bits per heavy atom. The molecule has 2 N–H and O–H groups in total. The van der Waals surface area contributed by atoms with Crippen molar-refractivity contribution in [3.8, 4) is 0 Å². The van der Waals surface area contributed by atoms with E-state index in [-0.39, 0.29) is 5.54 Å². The molecule has 0 aliphatic carbocycles. The van der Waals surface area contributed by atoms with Crippen LogP contribution in [0.4, 0.5) is 5.69 Å². The molecule has 2 heterocycles. The summed E-state index contributed by atoms with van der Waals surface area (Å²) in [6.45, 7) is 9.97. The lowest BCUT2D eigenvalue weighted by Crippen LogP contribution is -2.60. The number of rotatable bonds is 4. The SMILES string of the molecule is CC(C)(O)C(C)(C)NC1CCN(c2ccncc2)CC1. The van der Waals surface area contributed by atoms with Crippen LogP contribution in [0.3, 0.4) is 0 Å². The Balaban J connectivity index is 1.89. The number of piperidine rings is 1. The van der Waals surface area contributed by atoms with E-state index in [9.17, 15) is 5.11 Å². The predicted molar refractivity (Wildman–Crippen MR) is 83.0 cm³/mol. The molecule has 0 amide bonds. The second kappa shape index (κ2) is 5.70. The normalized spacial score (nSPS) is 18.4. The molecule has 112 valence electrons. The van der Waals surface area contributed by atoms with E-state index in [1.165, 1.54) is 5.69 Å². The number of hydrogen-bond donors (Lipinski definition) is 2. The van der Waals surface area contributed by atoms with Gasteiger partial charge in [-0.1, -0.05) is 0 Å². The number of nitrogens with one attached hydrogen (secondary N) is 1. The third kappa shape index (κ3) is 3.49. The lowest BCUT2D eigenvalue weighted by Gasteiger charge is -2.43. The summed E-state index contributed by atoms with van der Waals surface area (Å²) in [5.74, 6) is 0. The second-order valence-corrected chi connectivity index (χ2v) is 6.80. The molecule has 0 spiro atoms. The van der Waals surface area contributed by atoms with Gasteiger partial charge in [-0.2, -0.15) is 0 Å². The van der Waals surface area contributed by atoms with Crippen molar-refractivity contribution in [1.29, 1.82) is 0 Å². The summed E-state index contributed by atoms with van der Waals surface area (Å²) in [7, 11) is 0. The third-order valence-corrected chi connectivity index (χ3v) is 4.62. The number of aromatic nitrogens is 1. The van der Waals surface area contributed by atoms with E-state index in [4.69, 9.17) is 0 Å². The van der Waals surface area contributed by atoms with E-state index in [2.05, 4.69) is 41.2 Å². The molecule has 0 saturated carbocycles. The fraction of sp³-hybridized carbons (Fsp3) is 0.688. The van der Waals surface area contributed by atoms with E-state index in [0.717, 1.165) is 25.9 Å². The van der Waals surface area contributed by atoms with Gasteiger partial charge < -0.3 is 15.3 Å². The molecule has 1 aliphatic heterocycles. The second-order valence-electron chi connectivity index (χ2n) is 6.80. The molecule has 1 aromatic rings. The van der Waals surface area contributed by atoms with Crippen LogP contribution in [0.1, 0.15) is 40.5 Å². The molecule has 1 aromatic heterocycles. The smallest absolute Gasteiger partial charge is 0.0767 e. The molecule has 0 unspecified atom stereocenters. The van der Waals surface area contributed by atoms with Gasteiger partial charge >= 0.3 is 0 Å². The summed E-state index contributed by atoms with van der Waals surface area (Å²) >= 11 is 0. The Hall–Kier alpha value is -1.13. The van der Waals surface area contributed by atoms with Crippen molar-refractivity contribution in [2.24, 2.45) is 0 Å². The van der Waals surface area contributed by atoms with Crippen LogP contribution in [0.5, 0.6) is 0 Å². The zero-order valence-electron chi connectivity index (χ0n) is 13.1. The number of aliphatic hydroxyl groups is 1. The Bertz CT molecular complexity index is 417. The summed E-state index contributed by atoms with van der Waals surface area (Å²) in [4.78, 5) is 6.46. The van der Waals surface area contributed by atoms with Crippen molar-refractivity contribution in [2.45, 2.75) is 57.7 Å². The lowest BCUT2D eigenvalue weighted by atomic mass is 9.84. The molecular formula is C16H27N3O. The zero-order chi connectivity index (χ0) is 14.8. The molecule has 0 atom stereocenters. The van der Waals surface area contributed by atoms with Crippen LogP contribution in [0.15, 0.2) is 24.5 Å². The van der Waals surface area contributed by atoms with Crippen LogP contribution < -0.4 is 10.2 Å². The van der Waals surface area contributed by atoms with Gasteiger partial charge in [0.1, 0.15) is 0 Å². The first kappa shape index (κ1) is 15.3. The first-order valence-electron chi connectivity index (χ1n) is 7.45. The minimum absolute atomic E-state index is 0.281. The Morgan fingerprint density at radius 2 is 1.70 bits per heavy atom. The molecule has 2 rings (SSSR count). The maximum Gasteiger partial charge on any atom is 0.0767 e. The van der Waals surface area contributed by atoms with Crippen LogP contribution in [-0.2, 0) is 0 Å². The summed E-state index contributed by atoms with van der Waals surface area (Å²) in [5.41, 5.74) is 0.242. The summed E-state index contributed by atoms with van der Waals surface area (Å²) in [6, 6.07) is 4.60. The molecule has 4 nitrogen and oxygen atoms in total. The summed E-state index contributed by atoms with van der Waals surface area (Å²) in [5, 5.41) is 13.8. The molecule has 4 heteroatoms. The number of pyridine rings is 1. The predicted octanol–water partition coefficient (Wildman–Crippen LogP) is 2.19. The summed E-state index contributed by atoms with van der Waals surface area (Å²) < 4.78 is 0. The van der Waals surface area contributed by atoms with Crippen molar-refractivity contribution in [3.05, 3.63) is 24.5 Å². The number of hydrogen-bond acceptors (Lipinski definition) is 4. The highest BCUT2D eigenvalue weighted by Crippen LogP contribution is 2.25. The highest BCUT2D eigenvalue weighted by atomic mass is 16.3. The number of anilines is 1. The van der Waals surface area contributed by atoms with Gasteiger partial charge in [0.05, 0.1) is 5.60 Å². The van der Waals surface area contributed by atoms with Gasteiger partial charge in [0, 0.05) is 42.8 Å². The standard InChI is InChI=1S/C16H27N3O/c1-15(2,16(3,4)20)18-13-7-11-19(12-8-13)14-5-9-17-10-6-14/h5-6,9-10,13,18,20H,7-8,11-12H2,1-4H3. The average Bonchev–Trinajstić information content (AvgIpc) is 2.39. The third-order valence-electron chi connectivity index (χ3n) is 4.62. The Kier molecular flexibility index (Phi) is 4.35. The van der Waals surface area contributed by atoms with Gasteiger partial charge in [0.25, 0.3) is 0 Å². The van der Waals surface area contributed by atoms with Gasteiger partial charge in [-0.05, 0) is 52.7 Å². The van der Waals surface area contributed by atoms with E-state index in [0.29, 0.717) is 6.04 Å². The Labute approximate surface area is 122 Å². The molecule has 1 aliphatic rings. The zero-order valence-corrected chi connectivity index (χ0v) is 13.1. The first-order valence-corrected chi connectivity index (χ1v) is 7.45. The topological polar surface area (TPSA) is 48.4 Å². The molecule has 0 bridgehead atoms. The molecule has 20 heavy (non-hydrogen) atoms. The van der Waals surface area contributed by atoms with Gasteiger partial charge in [-0.15, -0.1) is 0 Å². The fourth-order valence-electron chi connectivity index (χ4n) is 2.52. The molecule has 1 fully saturated rings. The minimum atomic E-state index is -0.727. The first-order chi connectivity index (χ1) is 9.29. The van der Waals surface area contributed by atoms with Gasteiger partial charge in [0.15, 0.2) is 0 Å².